The van der Waals surface area contributed by atoms with E-state index >= 15 is 0 Å². The second-order valence-electron chi connectivity index (χ2n) is 5.20. The third-order valence-electron chi connectivity index (χ3n) is 2.25. The summed E-state index contributed by atoms with van der Waals surface area (Å²) in [6, 6.07) is 4.26. The third kappa shape index (κ3) is 4.24. The molecule has 1 atom stereocenters. The van der Waals surface area contributed by atoms with Crippen LogP contribution < -0.4 is 11.1 Å². The first-order valence-corrected chi connectivity index (χ1v) is 5.73. The molecule has 0 bridgehead atoms. The van der Waals surface area contributed by atoms with E-state index in [4.69, 9.17) is 10.5 Å². The van der Waals surface area contributed by atoms with Gasteiger partial charge in [0, 0.05) is 5.54 Å². The second kappa shape index (κ2) is 5.25. The summed E-state index contributed by atoms with van der Waals surface area (Å²) in [5, 5.41) is 2.68. The van der Waals surface area contributed by atoms with Crippen molar-refractivity contribution in [1.82, 2.24) is 5.32 Å². The van der Waals surface area contributed by atoms with Crippen molar-refractivity contribution in [3.8, 4) is 0 Å². The molecule has 1 amide bonds. The van der Waals surface area contributed by atoms with E-state index in [2.05, 4.69) is 5.32 Å². The Bertz CT molecular complexity index is 441. The molecule has 0 heterocycles. The minimum atomic E-state index is -0.516. The van der Waals surface area contributed by atoms with E-state index in [0.717, 1.165) is 0 Å². The maximum Gasteiger partial charge on any atom is 0.408 e. The van der Waals surface area contributed by atoms with E-state index < -0.39 is 18.0 Å². The molecule has 0 aliphatic rings. The molecule has 18 heavy (non-hydrogen) atoms. The van der Waals surface area contributed by atoms with E-state index in [1.54, 1.807) is 13.0 Å². The molecule has 100 valence electrons. The zero-order valence-electron chi connectivity index (χ0n) is 11.1. The molecule has 0 saturated carbocycles. The van der Waals surface area contributed by atoms with E-state index in [0.29, 0.717) is 5.56 Å². The van der Waals surface area contributed by atoms with Crippen LogP contribution in [0.3, 0.4) is 0 Å². The number of ether oxygens (including phenoxy) is 1. The maximum atomic E-state index is 13.0. The molecule has 0 fully saturated rings. The summed E-state index contributed by atoms with van der Waals surface area (Å²) < 4.78 is 18.2. The molecule has 0 spiro atoms. The predicted octanol–water partition coefficient (Wildman–Crippen LogP) is 2.99. The van der Waals surface area contributed by atoms with Crippen LogP contribution in [0, 0.1) is 5.82 Å². The SMILES string of the molecule is CC(OC(=O)NC(C)(C)C)c1ccc(F)c(N)c1. The molecular weight excluding hydrogens is 235 g/mol. The van der Waals surface area contributed by atoms with Gasteiger partial charge in [0.15, 0.2) is 0 Å². The predicted molar refractivity (Wildman–Crippen MR) is 68.6 cm³/mol. The molecule has 4 nitrogen and oxygen atoms in total. The Balaban J connectivity index is 2.68. The average molecular weight is 254 g/mol. The summed E-state index contributed by atoms with van der Waals surface area (Å²) in [4.78, 5) is 11.6. The lowest BCUT2D eigenvalue weighted by Crippen LogP contribution is -2.41. The molecule has 1 unspecified atom stereocenters. The van der Waals surface area contributed by atoms with Crippen molar-refractivity contribution in [2.75, 3.05) is 5.73 Å². The monoisotopic (exact) mass is 254 g/mol. The van der Waals surface area contributed by atoms with Gasteiger partial charge in [-0.3, -0.25) is 0 Å². The van der Waals surface area contributed by atoms with Crippen LogP contribution in [-0.4, -0.2) is 11.6 Å². The van der Waals surface area contributed by atoms with Gasteiger partial charge in [-0.15, -0.1) is 0 Å². The van der Waals surface area contributed by atoms with Gasteiger partial charge in [0.2, 0.25) is 0 Å². The lowest BCUT2D eigenvalue weighted by Gasteiger charge is -2.22. The standard InChI is InChI=1S/C13H19FN2O2/c1-8(18-12(17)16-13(2,3)4)9-5-6-10(14)11(15)7-9/h5-8H,15H2,1-4H3,(H,16,17). The Labute approximate surface area is 106 Å². The van der Waals surface area contributed by atoms with Crippen LogP contribution in [0.1, 0.15) is 39.4 Å². The summed E-state index contributed by atoms with van der Waals surface area (Å²) >= 11 is 0. The normalized spacial score (nSPS) is 12.9. The zero-order chi connectivity index (χ0) is 13.9. The number of hydrogen-bond donors (Lipinski definition) is 2. The minimum absolute atomic E-state index is 0.0409. The van der Waals surface area contributed by atoms with Crippen molar-refractivity contribution < 1.29 is 13.9 Å². The highest BCUT2D eigenvalue weighted by Gasteiger charge is 2.18. The van der Waals surface area contributed by atoms with Gasteiger partial charge in [0.1, 0.15) is 11.9 Å². The van der Waals surface area contributed by atoms with E-state index in [1.807, 2.05) is 20.8 Å². The van der Waals surface area contributed by atoms with Gasteiger partial charge < -0.3 is 15.8 Å². The van der Waals surface area contributed by atoms with Crippen molar-refractivity contribution in [1.29, 1.82) is 0 Å². The molecule has 0 aliphatic carbocycles. The molecule has 1 aromatic rings. The average Bonchev–Trinajstić information content (AvgIpc) is 2.18. The number of anilines is 1. The van der Waals surface area contributed by atoms with Crippen LogP contribution in [0.4, 0.5) is 14.9 Å². The van der Waals surface area contributed by atoms with Crippen LogP contribution in [-0.2, 0) is 4.74 Å². The number of nitrogens with one attached hydrogen (secondary N) is 1. The van der Waals surface area contributed by atoms with Crippen molar-refractivity contribution in [3.63, 3.8) is 0 Å². The summed E-state index contributed by atoms with van der Waals surface area (Å²) in [6.07, 6.45) is -1.01. The molecule has 1 aromatic carbocycles. The number of amides is 1. The van der Waals surface area contributed by atoms with Crippen molar-refractivity contribution in [2.45, 2.75) is 39.3 Å². The highest BCUT2D eigenvalue weighted by molar-refractivity contribution is 5.68. The van der Waals surface area contributed by atoms with Crippen molar-refractivity contribution in [3.05, 3.63) is 29.6 Å². The number of halogens is 1. The number of hydrogen-bond acceptors (Lipinski definition) is 3. The first-order valence-electron chi connectivity index (χ1n) is 5.73. The van der Waals surface area contributed by atoms with Crippen molar-refractivity contribution in [2.24, 2.45) is 0 Å². The second-order valence-corrected chi connectivity index (χ2v) is 5.20. The largest absolute Gasteiger partial charge is 0.442 e. The fourth-order valence-corrected chi connectivity index (χ4v) is 1.38. The lowest BCUT2D eigenvalue weighted by atomic mass is 10.1. The Morgan fingerprint density at radius 2 is 2.06 bits per heavy atom. The van der Waals surface area contributed by atoms with Crippen LogP contribution in [0.2, 0.25) is 0 Å². The number of alkyl carbamates (subject to hydrolysis) is 1. The molecular formula is C13H19FN2O2. The number of nitrogen functional groups attached to an aromatic ring is 1. The Morgan fingerprint density at radius 1 is 1.44 bits per heavy atom. The number of carbonyl (C=O) groups is 1. The molecule has 5 heteroatoms. The summed E-state index contributed by atoms with van der Waals surface area (Å²) in [5.41, 5.74) is 5.79. The Morgan fingerprint density at radius 3 is 2.56 bits per heavy atom. The van der Waals surface area contributed by atoms with Crippen LogP contribution >= 0.6 is 0 Å². The number of benzene rings is 1. The van der Waals surface area contributed by atoms with Gasteiger partial charge in [-0.25, -0.2) is 9.18 Å². The summed E-state index contributed by atoms with van der Waals surface area (Å²) in [7, 11) is 0. The van der Waals surface area contributed by atoms with E-state index in [9.17, 15) is 9.18 Å². The van der Waals surface area contributed by atoms with Gasteiger partial charge in [-0.2, -0.15) is 0 Å². The van der Waals surface area contributed by atoms with Gasteiger partial charge in [0.25, 0.3) is 0 Å². The van der Waals surface area contributed by atoms with Crippen LogP contribution in [0.15, 0.2) is 18.2 Å². The molecule has 0 aliphatic heterocycles. The first kappa shape index (κ1) is 14.3. The molecule has 0 saturated heterocycles. The first-order chi connectivity index (χ1) is 8.19. The van der Waals surface area contributed by atoms with Gasteiger partial charge in [0.05, 0.1) is 5.69 Å². The van der Waals surface area contributed by atoms with Gasteiger partial charge in [-0.1, -0.05) is 6.07 Å². The molecule has 0 aromatic heterocycles. The molecule has 1 rings (SSSR count). The van der Waals surface area contributed by atoms with Gasteiger partial charge >= 0.3 is 6.09 Å². The zero-order valence-corrected chi connectivity index (χ0v) is 11.1. The topological polar surface area (TPSA) is 64.3 Å². The fraction of sp³-hybridized carbons (Fsp3) is 0.462. The van der Waals surface area contributed by atoms with Crippen molar-refractivity contribution >= 4 is 11.8 Å². The molecule has 0 radical (unpaired) electrons. The minimum Gasteiger partial charge on any atom is -0.442 e. The maximum absolute atomic E-state index is 13.0. The number of rotatable bonds is 2. The highest BCUT2D eigenvalue weighted by Crippen LogP contribution is 2.21. The van der Waals surface area contributed by atoms with Gasteiger partial charge in [-0.05, 0) is 45.4 Å². The van der Waals surface area contributed by atoms with E-state index in [-0.39, 0.29) is 11.2 Å². The third-order valence-corrected chi connectivity index (χ3v) is 2.25. The van der Waals surface area contributed by atoms with Crippen LogP contribution in [0.5, 0.6) is 0 Å². The van der Waals surface area contributed by atoms with E-state index in [1.165, 1.54) is 12.1 Å². The smallest absolute Gasteiger partial charge is 0.408 e. The fourth-order valence-electron chi connectivity index (χ4n) is 1.38. The lowest BCUT2D eigenvalue weighted by molar-refractivity contribution is 0.100. The van der Waals surface area contributed by atoms with Crippen LogP contribution in [0.25, 0.3) is 0 Å². The summed E-state index contributed by atoms with van der Waals surface area (Å²) in [6.45, 7) is 7.27. The number of carbonyl (C=O) groups excluding carboxylic acids is 1. The Kier molecular flexibility index (Phi) is 4.16. The molecule has 3 N–H and O–H groups in total. The quantitative estimate of drug-likeness (QED) is 0.797. The Hall–Kier alpha value is -1.78. The summed E-state index contributed by atoms with van der Waals surface area (Å²) in [5.74, 6) is -0.481. The number of nitrogens with two attached hydrogens (primary N) is 1. The highest BCUT2D eigenvalue weighted by atomic mass is 19.1.